The SMILES string of the molecule is N#Cc1cccc(C#N)c1N1CCN(Cc2ccc(Cl)s2)CC1. The highest BCUT2D eigenvalue weighted by atomic mass is 35.5. The summed E-state index contributed by atoms with van der Waals surface area (Å²) in [5, 5.41) is 18.6. The van der Waals surface area contributed by atoms with Crippen LogP contribution >= 0.6 is 22.9 Å². The van der Waals surface area contributed by atoms with Gasteiger partial charge in [0.25, 0.3) is 0 Å². The number of nitriles is 2. The molecule has 0 saturated carbocycles. The fraction of sp³-hybridized carbons (Fsp3) is 0.294. The van der Waals surface area contributed by atoms with Crippen LogP contribution in [0.4, 0.5) is 5.69 Å². The third-order valence-corrected chi connectivity index (χ3v) is 5.19. The number of benzene rings is 1. The van der Waals surface area contributed by atoms with E-state index in [1.807, 2.05) is 6.07 Å². The van der Waals surface area contributed by atoms with Gasteiger partial charge in [-0.1, -0.05) is 17.7 Å². The van der Waals surface area contributed by atoms with Crippen molar-refractivity contribution in [3.05, 3.63) is 50.7 Å². The minimum atomic E-state index is 0.572. The maximum absolute atomic E-state index is 9.31. The molecule has 2 aromatic rings. The van der Waals surface area contributed by atoms with E-state index in [2.05, 4.69) is 28.0 Å². The molecule has 3 rings (SSSR count). The van der Waals surface area contributed by atoms with Crippen LogP contribution in [0.15, 0.2) is 30.3 Å². The molecule has 0 unspecified atom stereocenters. The Balaban J connectivity index is 1.70. The van der Waals surface area contributed by atoms with Crippen LogP contribution < -0.4 is 4.90 Å². The van der Waals surface area contributed by atoms with Gasteiger partial charge in [-0.2, -0.15) is 10.5 Å². The van der Waals surface area contributed by atoms with E-state index >= 15 is 0 Å². The quantitative estimate of drug-likeness (QED) is 0.857. The molecule has 0 N–H and O–H groups in total. The lowest BCUT2D eigenvalue weighted by Gasteiger charge is -2.36. The molecule has 4 nitrogen and oxygen atoms in total. The van der Waals surface area contributed by atoms with Crippen molar-refractivity contribution in [2.45, 2.75) is 6.54 Å². The molecule has 1 aliphatic rings. The molecule has 1 fully saturated rings. The smallest absolute Gasteiger partial charge is 0.101 e. The van der Waals surface area contributed by atoms with Gasteiger partial charge in [-0.15, -0.1) is 11.3 Å². The standard InChI is InChI=1S/C17H15ClN4S/c18-16-5-4-15(23-16)12-21-6-8-22(9-7-21)17-13(10-19)2-1-3-14(17)11-20/h1-5H,6-9,12H2. The number of hydrogen-bond acceptors (Lipinski definition) is 5. The molecule has 1 aromatic heterocycles. The lowest BCUT2D eigenvalue weighted by Crippen LogP contribution is -2.46. The first-order chi connectivity index (χ1) is 11.2. The lowest BCUT2D eigenvalue weighted by atomic mass is 10.1. The maximum atomic E-state index is 9.31. The predicted octanol–water partition coefficient (Wildman–Crippen LogP) is 3.47. The third kappa shape index (κ3) is 3.48. The van der Waals surface area contributed by atoms with Gasteiger partial charge >= 0.3 is 0 Å². The van der Waals surface area contributed by atoms with Crippen molar-refractivity contribution < 1.29 is 0 Å². The molecule has 23 heavy (non-hydrogen) atoms. The Morgan fingerprint density at radius 2 is 1.65 bits per heavy atom. The van der Waals surface area contributed by atoms with Crippen molar-refractivity contribution in [1.82, 2.24) is 4.90 Å². The molecule has 0 amide bonds. The van der Waals surface area contributed by atoms with Crippen molar-refractivity contribution in [3.63, 3.8) is 0 Å². The minimum absolute atomic E-state index is 0.572. The van der Waals surface area contributed by atoms with Crippen LogP contribution in [0, 0.1) is 22.7 Å². The van der Waals surface area contributed by atoms with Crippen LogP contribution in [0.1, 0.15) is 16.0 Å². The van der Waals surface area contributed by atoms with Crippen molar-refractivity contribution >= 4 is 28.6 Å². The Bertz CT molecular complexity index is 746. The van der Waals surface area contributed by atoms with E-state index in [9.17, 15) is 10.5 Å². The average molecular weight is 343 g/mol. The van der Waals surface area contributed by atoms with Crippen molar-refractivity contribution in [3.8, 4) is 12.1 Å². The number of halogens is 1. The predicted molar refractivity (Wildman–Crippen MR) is 92.7 cm³/mol. The van der Waals surface area contributed by atoms with E-state index in [-0.39, 0.29) is 0 Å². The van der Waals surface area contributed by atoms with Gasteiger partial charge in [-0.05, 0) is 24.3 Å². The molecular weight excluding hydrogens is 328 g/mol. The summed E-state index contributed by atoms with van der Waals surface area (Å²) in [6.45, 7) is 4.33. The third-order valence-electron chi connectivity index (χ3n) is 3.97. The van der Waals surface area contributed by atoms with Crippen molar-refractivity contribution in [2.75, 3.05) is 31.1 Å². The summed E-state index contributed by atoms with van der Waals surface area (Å²) in [5.41, 5.74) is 1.92. The van der Waals surface area contributed by atoms with Gasteiger partial charge in [-0.3, -0.25) is 4.90 Å². The van der Waals surface area contributed by atoms with Crippen molar-refractivity contribution in [1.29, 1.82) is 10.5 Å². The second-order valence-corrected chi connectivity index (χ2v) is 7.19. The van der Waals surface area contributed by atoms with Gasteiger partial charge in [0.05, 0.1) is 21.2 Å². The molecular formula is C17H15ClN4S. The van der Waals surface area contributed by atoms with Crippen LogP contribution in [-0.2, 0) is 6.54 Å². The zero-order chi connectivity index (χ0) is 16.2. The molecule has 1 saturated heterocycles. The fourth-order valence-corrected chi connectivity index (χ4v) is 3.98. The number of nitrogens with zero attached hydrogens (tertiary/aromatic N) is 4. The first-order valence-electron chi connectivity index (χ1n) is 7.36. The summed E-state index contributed by atoms with van der Waals surface area (Å²) in [4.78, 5) is 5.79. The van der Waals surface area contributed by atoms with E-state index in [1.165, 1.54) is 4.88 Å². The van der Waals surface area contributed by atoms with Gasteiger partial charge in [-0.25, -0.2) is 0 Å². The number of hydrogen-bond donors (Lipinski definition) is 0. The van der Waals surface area contributed by atoms with Crippen LogP contribution in [0.3, 0.4) is 0 Å². The highest BCUT2D eigenvalue weighted by molar-refractivity contribution is 7.16. The van der Waals surface area contributed by atoms with Gasteiger partial charge in [0.2, 0.25) is 0 Å². The Kier molecular flexibility index (Phi) is 4.83. The van der Waals surface area contributed by atoms with Gasteiger partial charge in [0.1, 0.15) is 12.1 Å². The Morgan fingerprint density at radius 1 is 1.00 bits per heavy atom. The van der Waals surface area contributed by atoms with Gasteiger partial charge in [0, 0.05) is 37.6 Å². The monoisotopic (exact) mass is 342 g/mol. The Morgan fingerprint density at radius 3 is 2.17 bits per heavy atom. The molecule has 0 bridgehead atoms. The molecule has 116 valence electrons. The summed E-state index contributed by atoms with van der Waals surface area (Å²) in [6.07, 6.45) is 0. The number of rotatable bonds is 3. The average Bonchev–Trinajstić information content (AvgIpc) is 2.99. The number of thiophene rings is 1. The van der Waals surface area contributed by atoms with E-state index in [0.717, 1.165) is 42.7 Å². The molecule has 1 aromatic carbocycles. The van der Waals surface area contributed by atoms with Gasteiger partial charge < -0.3 is 4.90 Å². The summed E-state index contributed by atoms with van der Waals surface area (Å²) in [6, 6.07) is 13.7. The topological polar surface area (TPSA) is 54.1 Å². The zero-order valence-electron chi connectivity index (χ0n) is 12.5. The zero-order valence-corrected chi connectivity index (χ0v) is 14.1. The second-order valence-electron chi connectivity index (χ2n) is 5.39. The fourth-order valence-electron chi connectivity index (χ4n) is 2.85. The minimum Gasteiger partial charge on any atom is -0.367 e. The van der Waals surface area contributed by atoms with Crippen LogP contribution in [0.5, 0.6) is 0 Å². The van der Waals surface area contributed by atoms with E-state index < -0.39 is 0 Å². The van der Waals surface area contributed by atoms with Gasteiger partial charge in [0.15, 0.2) is 0 Å². The number of para-hydroxylation sites is 1. The second kappa shape index (κ2) is 7.02. The van der Waals surface area contributed by atoms with Crippen LogP contribution in [0.2, 0.25) is 4.34 Å². The normalized spacial score (nSPS) is 15.2. The largest absolute Gasteiger partial charge is 0.367 e. The number of piperazine rings is 1. The van der Waals surface area contributed by atoms with E-state index in [4.69, 9.17) is 11.6 Å². The van der Waals surface area contributed by atoms with Crippen LogP contribution in [-0.4, -0.2) is 31.1 Å². The maximum Gasteiger partial charge on any atom is 0.101 e. The molecule has 2 heterocycles. The molecule has 0 aliphatic carbocycles. The molecule has 1 aliphatic heterocycles. The number of anilines is 1. The lowest BCUT2D eigenvalue weighted by molar-refractivity contribution is 0.252. The summed E-state index contributed by atoms with van der Waals surface area (Å²) in [5.74, 6) is 0. The highest BCUT2D eigenvalue weighted by Gasteiger charge is 2.22. The van der Waals surface area contributed by atoms with Crippen LogP contribution in [0.25, 0.3) is 0 Å². The molecule has 6 heteroatoms. The van der Waals surface area contributed by atoms with E-state index in [1.54, 1.807) is 29.5 Å². The Hall–Kier alpha value is -2.05. The molecule has 0 atom stereocenters. The Labute approximate surface area is 144 Å². The van der Waals surface area contributed by atoms with Crippen molar-refractivity contribution in [2.24, 2.45) is 0 Å². The summed E-state index contributed by atoms with van der Waals surface area (Å²) in [7, 11) is 0. The van der Waals surface area contributed by atoms with E-state index in [0.29, 0.717) is 11.1 Å². The highest BCUT2D eigenvalue weighted by Crippen LogP contribution is 2.27. The first kappa shape index (κ1) is 15.8. The molecule has 0 radical (unpaired) electrons. The first-order valence-corrected chi connectivity index (χ1v) is 8.55. The summed E-state index contributed by atoms with van der Waals surface area (Å²) >= 11 is 7.59. The molecule has 0 spiro atoms. The summed E-state index contributed by atoms with van der Waals surface area (Å²) < 4.78 is 0.820.